The predicted octanol–water partition coefficient (Wildman–Crippen LogP) is -1.80. The van der Waals surface area contributed by atoms with Gasteiger partial charge in [0.05, 0.1) is 38.5 Å². The summed E-state index contributed by atoms with van der Waals surface area (Å²) in [5.41, 5.74) is 0.684. The minimum Gasteiger partial charge on any atom is -0.539 e. The Bertz CT molecular complexity index is 928. The van der Waals surface area contributed by atoms with Gasteiger partial charge in [0.15, 0.2) is 11.9 Å². The van der Waals surface area contributed by atoms with Crippen LogP contribution in [0.3, 0.4) is 0 Å². The number of carboxylic acid groups (broad SMARTS) is 4. The van der Waals surface area contributed by atoms with Gasteiger partial charge < -0.3 is 49.3 Å². The summed E-state index contributed by atoms with van der Waals surface area (Å²) in [5, 5.41) is 35.6. The molecule has 1 fully saturated rings. The molecule has 1 atom stereocenters. The van der Waals surface area contributed by atoms with Gasteiger partial charge in [0.1, 0.15) is 18.8 Å². The molecule has 0 spiro atoms. The molecule has 14 nitrogen and oxygen atoms in total. The van der Waals surface area contributed by atoms with E-state index in [4.69, 9.17) is 49.1 Å². The van der Waals surface area contributed by atoms with Crippen molar-refractivity contribution in [3.05, 3.63) is 24.3 Å². The van der Waals surface area contributed by atoms with E-state index in [1.165, 1.54) is 56.5 Å². The lowest BCUT2D eigenvalue weighted by molar-refractivity contribution is -0.917. The summed E-state index contributed by atoms with van der Waals surface area (Å²) in [6.45, 7) is 13.5. The van der Waals surface area contributed by atoms with E-state index < -0.39 is 23.9 Å². The van der Waals surface area contributed by atoms with Gasteiger partial charge in [-0.2, -0.15) is 0 Å². The zero-order valence-corrected chi connectivity index (χ0v) is 25.4. The van der Waals surface area contributed by atoms with Crippen molar-refractivity contribution in [2.45, 2.75) is 71.8 Å². The molecule has 1 unspecified atom stereocenters. The van der Waals surface area contributed by atoms with Crippen molar-refractivity contribution in [1.29, 1.82) is 0 Å². The summed E-state index contributed by atoms with van der Waals surface area (Å²) < 4.78 is 11.9. The SMILES string of the molecule is CCCCCCCOc1ccccc1NC(=O)OC(C[NH+](CC)CC)C[NH+]1CCCC1.O=C([O-])C(=O)O.O=C([O-])C(=O)O. The number of likely N-dealkylation sites (tertiary alicyclic amines) is 1. The van der Waals surface area contributed by atoms with Gasteiger partial charge in [-0.3, -0.25) is 5.32 Å². The van der Waals surface area contributed by atoms with Crippen molar-refractivity contribution in [1.82, 2.24) is 0 Å². The number of amides is 1. The van der Waals surface area contributed by atoms with Crippen molar-refractivity contribution in [3.8, 4) is 5.75 Å². The summed E-state index contributed by atoms with van der Waals surface area (Å²) in [4.78, 5) is 51.8. The van der Waals surface area contributed by atoms with Crippen LogP contribution in [0.1, 0.15) is 65.7 Å². The summed E-state index contributed by atoms with van der Waals surface area (Å²) >= 11 is 0. The van der Waals surface area contributed by atoms with Crippen molar-refractivity contribution in [2.24, 2.45) is 0 Å². The highest BCUT2D eigenvalue weighted by atomic mass is 16.6. The molecule has 0 radical (unpaired) electrons. The highest BCUT2D eigenvalue weighted by Gasteiger charge is 2.27. The maximum Gasteiger partial charge on any atom is 0.412 e. The smallest absolute Gasteiger partial charge is 0.412 e. The first-order chi connectivity index (χ1) is 20.4. The van der Waals surface area contributed by atoms with E-state index in [9.17, 15) is 4.79 Å². The number of carboxylic acids is 4. The Morgan fingerprint density at radius 3 is 1.95 bits per heavy atom. The van der Waals surface area contributed by atoms with E-state index in [2.05, 4.69) is 26.1 Å². The molecule has 1 aromatic rings. The number of carbonyl (C=O) groups is 5. The molecule has 1 aliphatic heterocycles. The lowest BCUT2D eigenvalue weighted by atomic mass is 10.2. The van der Waals surface area contributed by atoms with Crippen molar-refractivity contribution in [3.63, 3.8) is 0 Å². The maximum absolute atomic E-state index is 12.7. The second kappa shape index (κ2) is 23.6. The second-order valence-electron chi connectivity index (χ2n) is 9.92. The zero-order valence-electron chi connectivity index (χ0n) is 25.4. The van der Waals surface area contributed by atoms with Crippen LogP contribution < -0.4 is 30.1 Å². The van der Waals surface area contributed by atoms with Crippen molar-refractivity contribution in [2.75, 3.05) is 51.2 Å². The Morgan fingerprint density at radius 1 is 0.907 bits per heavy atom. The van der Waals surface area contributed by atoms with Crippen LogP contribution in [-0.4, -0.2) is 92.2 Å². The van der Waals surface area contributed by atoms with Crippen LogP contribution >= 0.6 is 0 Å². The minimum absolute atomic E-state index is 0.0744. The number of carbonyl (C=O) groups excluding carboxylic acids is 3. The molecule has 2 rings (SSSR count). The van der Waals surface area contributed by atoms with Crippen LogP contribution in [0.4, 0.5) is 10.5 Å². The van der Waals surface area contributed by atoms with E-state index >= 15 is 0 Å². The highest BCUT2D eigenvalue weighted by molar-refractivity contribution is 6.26. The number of ether oxygens (including phenoxy) is 2. The Kier molecular flexibility index (Phi) is 21.5. The number of aliphatic carboxylic acids is 4. The topological polar surface area (TPSA) is 211 Å². The number of rotatable bonds is 15. The average Bonchev–Trinajstić information content (AvgIpc) is 3.48. The van der Waals surface area contributed by atoms with E-state index in [1.807, 2.05) is 24.3 Å². The first-order valence-electron chi connectivity index (χ1n) is 14.7. The van der Waals surface area contributed by atoms with Gasteiger partial charge >= 0.3 is 18.0 Å². The normalized spacial score (nSPS) is 13.0. The number of hydrogen-bond acceptors (Lipinski definition) is 9. The number of likely N-dealkylation sites (N-methyl/N-ethyl adjacent to an activating group) is 1. The van der Waals surface area contributed by atoms with E-state index in [0.717, 1.165) is 32.6 Å². The number of quaternary nitrogens is 2. The molecule has 0 saturated carbocycles. The standard InChI is InChI=1S/C25H43N3O3.2C2H2O4/c1-4-7-8-9-14-19-30-24-16-11-10-15-23(24)26-25(29)31-22(20-27(5-2)6-3)21-28-17-12-13-18-28;2*3-1(4)2(5)6/h10-11,15-16,22H,4-9,12-14,17-21H2,1-3H3,(H,26,29);2*(H,3,4)(H,5,6). The molecule has 0 aromatic heterocycles. The Labute approximate surface area is 252 Å². The molecule has 0 aliphatic carbocycles. The molecule has 1 heterocycles. The number of unbranched alkanes of at least 4 members (excludes halogenated alkanes) is 4. The van der Waals surface area contributed by atoms with E-state index in [-0.39, 0.29) is 12.2 Å². The van der Waals surface area contributed by atoms with Crippen LogP contribution in [0.25, 0.3) is 0 Å². The molecule has 244 valence electrons. The average molecular weight is 614 g/mol. The number of nitrogens with one attached hydrogen (secondary N) is 3. The molecule has 14 heteroatoms. The number of benzene rings is 1. The lowest BCUT2D eigenvalue weighted by Gasteiger charge is -2.25. The summed E-state index contributed by atoms with van der Waals surface area (Å²) in [6.07, 6.45) is 8.08. The van der Waals surface area contributed by atoms with Gasteiger partial charge in [-0.25, -0.2) is 14.4 Å². The molecular formula is C29H47N3O11. The maximum atomic E-state index is 12.7. The lowest BCUT2D eigenvalue weighted by Crippen LogP contribution is -3.15. The molecule has 1 amide bonds. The molecular weight excluding hydrogens is 566 g/mol. The fourth-order valence-corrected chi connectivity index (χ4v) is 4.29. The fraction of sp³-hybridized carbons (Fsp3) is 0.621. The van der Waals surface area contributed by atoms with Crippen molar-refractivity contribution < 1.29 is 63.7 Å². The van der Waals surface area contributed by atoms with Crippen LogP contribution in [0.2, 0.25) is 0 Å². The van der Waals surface area contributed by atoms with Crippen LogP contribution in [0.15, 0.2) is 24.3 Å². The highest BCUT2D eigenvalue weighted by Crippen LogP contribution is 2.24. The molecule has 1 aromatic carbocycles. The van der Waals surface area contributed by atoms with Gasteiger partial charge in [0, 0.05) is 12.8 Å². The Balaban J connectivity index is 0.00000123. The number of hydrogen-bond donors (Lipinski definition) is 5. The minimum atomic E-state index is -2.07. The third-order valence-corrected chi connectivity index (χ3v) is 6.60. The monoisotopic (exact) mass is 613 g/mol. The Morgan fingerprint density at radius 2 is 1.44 bits per heavy atom. The van der Waals surface area contributed by atoms with Crippen LogP contribution in [0.5, 0.6) is 5.75 Å². The van der Waals surface area contributed by atoms with Gasteiger partial charge in [-0.1, -0.05) is 44.7 Å². The van der Waals surface area contributed by atoms with Crippen LogP contribution in [-0.2, 0) is 23.9 Å². The molecule has 43 heavy (non-hydrogen) atoms. The van der Waals surface area contributed by atoms with Gasteiger partial charge in [0.2, 0.25) is 6.10 Å². The van der Waals surface area contributed by atoms with E-state index in [1.54, 1.807) is 4.90 Å². The van der Waals surface area contributed by atoms with Crippen LogP contribution in [0, 0.1) is 0 Å². The molecule has 5 N–H and O–H groups in total. The second-order valence-corrected chi connectivity index (χ2v) is 9.92. The Hall–Kier alpha value is -3.91. The first kappa shape index (κ1) is 39.1. The third kappa shape index (κ3) is 19.8. The third-order valence-electron chi connectivity index (χ3n) is 6.60. The fourth-order valence-electron chi connectivity index (χ4n) is 4.29. The number of anilines is 1. The number of para-hydroxylation sites is 2. The molecule has 1 aliphatic rings. The van der Waals surface area contributed by atoms with Crippen molar-refractivity contribution >= 4 is 35.7 Å². The van der Waals surface area contributed by atoms with E-state index in [0.29, 0.717) is 18.0 Å². The summed E-state index contributed by atoms with van der Waals surface area (Å²) in [6, 6.07) is 7.64. The zero-order chi connectivity index (χ0) is 32.6. The molecule has 1 saturated heterocycles. The largest absolute Gasteiger partial charge is 0.539 e. The summed E-state index contributed by atoms with van der Waals surface area (Å²) in [7, 11) is 0. The first-order valence-corrected chi connectivity index (χ1v) is 14.7. The van der Waals surface area contributed by atoms with Gasteiger partial charge in [-0.15, -0.1) is 0 Å². The summed E-state index contributed by atoms with van der Waals surface area (Å²) in [5.74, 6) is -7.30. The molecule has 0 bridgehead atoms. The van der Waals surface area contributed by atoms with Gasteiger partial charge in [-0.05, 0) is 32.4 Å². The van der Waals surface area contributed by atoms with Gasteiger partial charge in [0.25, 0.3) is 0 Å². The predicted molar refractivity (Wildman–Crippen MR) is 152 cm³/mol. The quantitative estimate of drug-likeness (QED) is 0.110.